The number of hydrogen-bond donors (Lipinski definition) is 1. The first-order valence-electron chi connectivity index (χ1n) is 4.97. The molecule has 0 aliphatic rings. The molecule has 0 fully saturated rings. The quantitative estimate of drug-likeness (QED) is 0.818. The smallest absolute Gasteiger partial charge is 0.149 e. The molecule has 0 spiro atoms. The topological polar surface area (TPSA) is 20.2 Å². The molecule has 2 aromatic carbocycles. The molecule has 1 N–H and O–H groups in total. The van der Waals surface area contributed by atoms with Gasteiger partial charge in [-0.3, -0.25) is 0 Å². The van der Waals surface area contributed by atoms with Crippen LogP contribution < -0.4 is 0 Å². The number of benzene rings is 2. The molecule has 1 nitrogen and oxygen atoms in total. The van der Waals surface area contributed by atoms with E-state index in [2.05, 4.69) is 15.9 Å². The van der Waals surface area contributed by atoms with Crippen LogP contribution in [0.2, 0.25) is 5.02 Å². The minimum atomic E-state index is -1.01. The normalized spacial score (nSPS) is 12.5. The van der Waals surface area contributed by atoms with Crippen LogP contribution >= 0.6 is 27.5 Å². The van der Waals surface area contributed by atoms with Crippen molar-refractivity contribution in [3.8, 4) is 0 Å². The molecular formula is C13H9BrClFO. The Balaban J connectivity index is 2.45. The van der Waals surface area contributed by atoms with Crippen LogP contribution in [0.1, 0.15) is 17.2 Å². The molecule has 0 radical (unpaired) electrons. The van der Waals surface area contributed by atoms with Crippen LogP contribution in [0, 0.1) is 5.82 Å². The van der Waals surface area contributed by atoms with E-state index in [0.717, 1.165) is 0 Å². The van der Waals surface area contributed by atoms with Crippen molar-refractivity contribution < 1.29 is 9.50 Å². The second-order valence-electron chi connectivity index (χ2n) is 3.58. The van der Waals surface area contributed by atoms with Gasteiger partial charge in [-0.2, -0.15) is 0 Å². The standard InChI is InChI=1S/C13H9BrClFO/c14-10-7-6-9(12(16)11(10)15)13(17)8-4-2-1-3-5-8/h1-7,13,17H. The van der Waals surface area contributed by atoms with Crippen molar-refractivity contribution in [1.29, 1.82) is 0 Å². The molecule has 1 unspecified atom stereocenters. The van der Waals surface area contributed by atoms with Crippen LogP contribution in [0.3, 0.4) is 0 Å². The number of hydrogen-bond acceptors (Lipinski definition) is 1. The molecule has 0 bridgehead atoms. The van der Waals surface area contributed by atoms with Crippen molar-refractivity contribution >= 4 is 27.5 Å². The fourth-order valence-electron chi connectivity index (χ4n) is 1.57. The Labute approximate surface area is 112 Å². The third kappa shape index (κ3) is 2.51. The number of aliphatic hydroxyl groups excluding tert-OH is 1. The minimum absolute atomic E-state index is 0.0162. The molecule has 1 atom stereocenters. The first kappa shape index (κ1) is 12.6. The number of halogens is 3. The zero-order valence-corrected chi connectivity index (χ0v) is 11.0. The molecule has 2 rings (SSSR count). The summed E-state index contributed by atoms with van der Waals surface area (Å²) in [6, 6.07) is 12.0. The first-order chi connectivity index (χ1) is 8.11. The molecule has 4 heteroatoms. The lowest BCUT2D eigenvalue weighted by atomic mass is 10.0. The molecule has 0 amide bonds. The average Bonchev–Trinajstić information content (AvgIpc) is 2.36. The fraction of sp³-hybridized carbons (Fsp3) is 0.0769. The maximum atomic E-state index is 13.9. The second kappa shape index (κ2) is 5.17. The molecule has 2 aromatic rings. The highest BCUT2D eigenvalue weighted by molar-refractivity contribution is 9.10. The van der Waals surface area contributed by atoms with E-state index in [1.54, 1.807) is 30.3 Å². The summed E-state index contributed by atoms with van der Waals surface area (Å²) >= 11 is 8.91. The molecule has 88 valence electrons. The van der Waals surface area contributed by atoms with E-state index in [-0.39, 0.29) is 10.6 Å². The fourth-order valence-corrected chi connectivity index (χ4v) is 2.05. The lowest BCUT2D eigenvalue weighted by Crippen LogP contribution is -2.03. The highest BCUT2D eigenvalue weighted by Crippen LogP contribution is 2.32. The summed E-state index contributed by atoms with van der Waals surface area (Å²) in [5.74, 6) is -0.600. The van der Waals surface area contributed by atoms with E-state index in [1.807, 2.05) is 6.07 Å². The highest BCUT2D eigenvalue weighted by atomic mass is 79.9. The van der Waals surface area contributed by atoms with Crippen LogP contribution in [0.4, 0.5) is 4.39 Å². The van der Waals surface area contributed by atoms with Gasteiger partial charge in [0.25, 0.3) is 0 Å². The summed E-state index contributed by atoms with van der Waals surface area (Å²) < 4.78 is 14.3. The summed E-state index contributed by atoms with van der Waals surface area (Å²) in [5.41, 5.74) is 0.800. The molecule has 0 aliphatic carbocycles. The predicted octanol–water partition coefficient (Wildman–Crippen LogP) is 4.32. The molecule has 0 saturated heterocycles. The van der Waals surface area contributed by atoms with Crippen molar-refractivity contribution in [1.82, 2.24) is 0 Å². The van der Waals surface area contributed by atoms with Gasteiger partial charge in [-0.15, -0.1) is 0 Å². The lowest BCUT2D eigenvalue weighted by Gasteiger charge is -2.13. The Morgan fingerprint density at radius 2 is 1.76 bits per heavy atom. The summed E-state index contributed by atoms with van der Waals surface area (Å²) in [7, 11) is 0. The van der Waals surface area contributed by atoms with Gasteiger partial charge in [-0.25, -0.2) is 4.39 Å². The average molecular weight is 316 g/mol. The van der Waals surface area contributed by atoms with Gasteiger partial charge in [0.05, 0.1) is 5.02 Å². The van der Waals surface area contributed by atoms with Gasteiger partial charge in [0, 0.05) is 10.0 Å². The summed E-state index contributed by atoms with van der Waals surface area (Å²) in [6.07, 6.45) is -1.01. The molecular weight excluding hydrogens is 306 g/mol. The van der Waals surface area contributed by atoms with Crippen molar-refractivity contribution in [2.75, 3.05) is 0 Å². The number of rotatable bonds is 2. The Morgan fingerprint density at radius 3 is 2.41 bits per heavy atom. The van der Waals surface area contributed by atoms with Gasteiger partial charge in [0.2, 0.25) is 0 Å². The third-order valence-electron chi connectivity index (χ3n) is 2.47. The van der Waals surface area contributed by atoms with Crippen LogP contribution in [0.25, 0.3) is 0 Å². The SMILES string of the molecule is OC(c1ccccc1)c1ccc(Br)c(Cl)c1F. The Hall–Kier alpha value is -0.900. The summed E-state index contributed by atoms with van der Waals surface area (Å²) in [5, 5.41) is 10.1. The summed E-state index contributed by atoms with van der Waals surface area (Å²) in [6.45, 7) is 0. The van der Waals surface area contributed by atoms with Gasteiger partial charge in [-0.05, 0) is 27.6 Å². The van der Waals surface area contributed by atoms with Crippen molar-refractivity contribution in [2.24, 2.45) is 0 Å². The minimum Gasteiger partial charge on any atom is -0.384 e. The van der Waals surface area contributed by atoms with Gasteiger partial charge in [0.15, 0.2) is 0 Å². The van der Waals surface area contributed by atoms with Crippen LogP contribution in [0.5, 0.6) is 0 Å². The van der Waals surface area contributed by atoms with Crippen LogP contribution in [-0.2, 0) is 0 Å². The molecule has 0 aliphatic heterocycles. The summed E-state index contributed by atoms with van der Waals surface area (Å²) in [4.78, 5) is 0. The van der Waals surface area contributed by atoms with Gasteiger partial charge in [-0.1, -0.05) is 48.0 Å². The van der Waals surface area contributed by atoms with E-state index >= 15 is 0 Å². The molecule has 0 aromatic heterocycles. The van der Waals surface area contributed by atoms with Crippen molar-refractivity contribution in [3.05, 3.63) is 68.9 Å². The van der Waals surface area contributed by atoms with Crippen molar-refractivity contribution in [2.45, 2.75) is 6.10 Å². The van der Waals surface area contributed by atoms with Gasteiger partial charge < -0.3 is 5.11 Å². The molecule has 0 heterocycles. The maximum Gasteiger partial charge on any atom is 0.149 e. The van der Waals surface area contributed by atoms with Crippen LogP contribution in [-0.4, -0.2) is 5.11 Å². The lowest BCUT2D eigenvalue weighted by molar-refractivity contribution is 0.215. The van der Waals surface area contributed by atoms with Gasteiger partial charge in [0.1, 0.15) is 11.9 Å². The predicted molar refractivity (Wildman–Crippen MR) is 69.6 cm³/mol. The zero-order valence-electron chi connectivity index (χ0n) is 8.70. The monoisotopic (exact) mass is 314 g/mol. The Kier molecular flexibility index (Phi) is 3.82. The Morgan fingerprint density at radius 1 is 1.12 bits per heavy atom. The Bertz CT molecular complexity index is 530. The van der Waals surface area contributed by atoms with E-state index < -0.39 is 11.9 Å². The largest absolute Gasteiger partial charge is 0.384 e. The first-order valence-corrected chi connectivity index (χ1v) is 6.14. The van der Waals surface area contributed by atoms with Crippen molar-refractivity contribution in [3.63, 3.8) is 0 Å². The molecule has 0 saturated carbocycles. The maximum absolute atomic E-state index is 13.9. The van der Waals surface area contributed by atoms with E-state index in [0.29, 0.717) is 10.0 Å². The van der Waals surface area contributed by atoms with E-state index in [9.17, 15) is 9.50 Å². The van der Waals surface area contributed by atoms with Crippen LogP contribution in [0.15, 0.2) is 46.9 Å². The van der Waals surface area contributed by atoms with E-state index in [1.165, 1.54) is 6.07 Å². The highest BCUT2D eigenvalue weighted by Gasteiger charge is 2.18. The third-order valence-corrected chi connectivity index (χ3v) is 3.73. The number of aliphatic hydroxyl groups is 1. The molecule has 17 heavy (non-hydrogen) atoms. The van der Waals surface area contributed by atoms with E-state index in [4.69, 9.17) is 11.6 Å². The second-order valence-corrected chi connectivity index (χ2v) is 4.81. The zero-order chi connectivity index (χ0) is 12.4. The van der Waals surface area contributed by atoms with Gasteiger partial charge >= 0.3 is 0 Å².